The lowest BCUT2D eigenvalue weighted by molar-refractivity contribution is 0.0689. The number of rotatable bonds is 4. The zero-order valence-electron chi connectivity index (χ0n) is 11.2. The summed E-state index contributed by atoms with van der Waals surface area (Å²) < 4.78 is 12.0. The minimum absolute atomic E-state index is 0.0523. The third kappa shape index (κ3) is 2.42. The Hall–Kier alpha value is -2.21. The van der Waals surface area contributed by atoms with Gasteiger partial charge in [-0.05, 0) is 12.1 Å². The Morgan fingerprint density at radius 3 is 2.50 bits per heavy atom. The molecular formula is C13H13ClN2O4. The Balaban J connectivity index is 2.68. The fourth-order valence-electron chi connectivity index (χ4n) is 1.94. The van der Waals surface area contributed by atoms with Crippen molar-refractivity contribution in [2.45, 2.75) is 0 Å². The SMILES string of the molecule is COc1cc(Cl)cc(-c2cc(C(=O)O)nn2C)c1OC. The fourth-order valence-corrected chi connectivity index (χ4v) is 2.15. The molecule has 1 aromatic heterocycles. The monoisotopic (exact) mass is 296 g/mol. The molecule has 106 valence electrons. The van der Waals surface area contributed by atoms with Gasteiger partial charge in [-0.25, -0.2) is 4.79 Å². The van der Waals surface area contributed by atoms with Crippen molar-refractivity contribution in [2.24, 2.45) is 7.05 Å². The van der Waals surface area contributed by atoms with E-state index in [0.29, 0.717) is 27.8 Å². The van der Waals surface area contributed by atoms with Gasteiger partial charge in [0.2, 0.25) is 0 Å². The predicted molar refractivity (Wildman–Crippen MR) is 73.7 cm³/mol. The summed E-state index contributed by atoms with van der Waals surface area (Å²) in [6.07, 6.45) is 0. The van der Waals surface area contributed by atoms with E-state index in [-0.39, 0.29) is 5.69 Å². The van der Waals surface area contributed by atoms with Crippen molar-refractivity contribution in [2.75, 3.05) is 14.2 Å². The summed E-state index contributed by atoms with van der Waals surface area (Å²) in [6.45, 7) is 0. The zero-order chi connectivity index (χ0) is 14.9. The predicted octanol–water partition coefficient (Wildman–Crippen LogP) is 2.46. The van der Waals surface area contributed by atoms with Crippen molar-refractivity contribution in [1.82, 2.24) is 9.78 Å². The fraction of sp³-hybridized carbons (Fsp3) is 0.231. The van der Waals surface area contributed by atoms with Crippen LogP contribution in [-0.4, -0.2) is 35.1 Å². The van der Waals surface area contributed by atoms with Crippen LogP contribution in [0.25, 0.3) is 11.3 Å². The van der Waals surface area contributed by atoms with Gasteiger partial charge in [0, 0.05) is 23.7 Å². The van der Waals surface area contributed by atoms with Gasteiger partial charge in [0.15, 0.2) is 17.2 Å². The van der Waals surface area contributed by atoms with Gasteiger partial charge in [-0.3, -0.25) is 4.68 Å². The van der Waals surface area contributed by atoms with Crippen LogP contribution in [0, 0.1) is 0 Å². The second-order valence-electron chi connectivity index (χ2n) is 4.03. The van der Waals surface area contributed by atoms with Crippen molar-refractivity contribution in [3.63, 3.8) is 0 Å². The molecule has 0 saturated carbocycles. The average Bonchev–Trinajstić information content (AvgIpc) is 2.79. The lowest BCUT2D eigenvalue weighted by Crippen LogP contribution is -2.00. The minimum Gasteiger partial charge on any atom is -0.493 e. The van der Waals surface area contributed by atoms with Gasteiger partial charge < -0.3 is 14.6 Å². The molecule has 0 bridgehead atoms. The van der Waals surface area contributed by atoms with Crippen LogP contribution in [0.1, 0.15) is 10.5 Å². The second kappa shape index (κ2) is 5.42. The number of aryl methyl sites for hydroxylation is 1. The number of carboxylic acids is 1. The summed E-state index contributed by atoms with van der Waals surface area (Å²) >= 11 is 6.05. The van der Waals surface area contributed by atoms with E-state index in [1.807, 2.05) is 0 Å². The largest absolute Gasteiger partial charge is 0.493 e. The number of hydrogen-bond acceptors (Lipinski definition) is 4. The van der Waals surface area contributed by atoms with Crippen LogP contribution in [0.5, 0.6) is 11.5 Å². The number of halogens is 1. The van der Waals surface area contributed by atoms with E-state index >= 15 is 0 Å². The molecule has 0 atom stereocenters. The highest BCUT2D eigenvalue weighted by Crippen LogP contribution is 2.40. The Morgan fingerprint density at radius 2 is 2.00 bits per heavy atom. The van der Waals surface area contributed by atoms with Crippen LogP contribution < -0.4 is 9.47 Å². The maximum atomic E-state index is 11.0. The van der Waals surface area contributed by atoms with Crippen molar-refractivity contribution < 1.29 is 19.4 Å². The van der Waals surface area contributed by atoms with E-state index in [4.69, 9.17) is 26.2 Å². The van der Waals surface area contributed by atoms with E-state index < -0.39 is 5.97 Å². The molecule has 0 saturated heterocycles. The number of nitrogens with zero attached hydrogens (tertiary/aromatic N) is 2. The van der Waals surface area contributed by atoms with Gasteiger partial charge in [0.25, 0.3) is 0 Å². The third-order valence-corrected chi connectivity index (χ3v) is 3.04. The molecule has 7 heteroatoms. The van der Waals surface area contributed by atoms with Crippen LogP contribution in [0.4, 0.5) is 0 Å². The third-order valence-electron chi connectivity index (χ3n) is 2.82. The van der Waals surface area contributed by atoms with Crippen LogP contribution in [0.15, 0.2) is 18.2 Å². The second-order valence-corrected chi connectivity index (χ2v) is 4.47. The molecule has 0 amide bonds. The van der Waals surface area contributed by atoms with Gasteiger partial charge in [0.05, 0.1) is 19.9 Å². The van der Waals surface area contributed by atoms with Crippen molar-refractivity contribution >= 4 is 17.6 Å². The molecule has 1 aromatic carbocycles. The molecular weight excluding hydrogens is 284 g/mol. The van der Waals surface area contributed by atoms with Gasteiger partial charge in [-0.1, -0.05) is 11.6 Å². The number of aromatic carboxylic acids is 1. The highest BCUT2D eigenvalue weighted by molar-refractivity contribution is 6.31. The topological polar surface area (TPSA) is 73.6 Å². The quantitative estimate of drug-likeness (QED) is 0.938. The van der Waals surface area contributed by atoms with Crippen LogP contribution >= 0.6 is 11.6 Å². The molecule has 2 aromatic rings. The average molecular weight is 297 g/mol. The van der Waals surface area contributed by atoms with Gasteiger partial charge in [0.1, 0.15) is 0 Å². The Labute approximate surface area is 120 Å². The molecule has 20 heavy (non-hydrogen) atoms. The van der Waals surface area contributed by atoms with Gasteiger partial charge in [-0.15, -0.1) is 0 Å². The number of hydrogen-bond donors (Lipinski definition) is 1. The molecule has 2 rings (SSSR count). The summed E-state index contributed by atoms with van der Waals surface area (Å²) in [7, 11) is 4.65. The van der Waals surface area contributed by atoms with Gasteiger partial charge >= 0.3 is 5.97 Å². The zero-order valence-corrected chi connectivity index (χ0v) is 11.9. The summed E-state index contributed by atoms with van der Waals surface area (Å²) in [5, 5.41) is 13.4. The standard InChI is InChI=1S/C13H13ClN2O4/c1-16-10(6-9(15-16)13(17)18)8-4-7(14)5-11(19-2)12(8)20-3/h4-6H,1-3H3,(H,17,18). The number of carboxylic acid groups (broad SMARTS) is 1. The molecule has 0 aliphatic carbocycles. The molecule has 0 aliphatic rings. The smallest absolute Gasteiger partial charge is 0.356 e. The molecule has 0 radical (unpaired) electrons. The molecule has 0 aliphatic heterocycles. The highest BCUT2D eigenvalue weighted by Gasteiger charge is 2.19. The normalized spacial score (nSPS) is 10.4. The van der Waals surface area contributed by atoms with E-state index in [2.05, 4.69) is 5.10 Å². The number of ether oxygens (including phenoxy) is 2. The van der Waals surface area contributed by atoms with Crippen LogP contribution in [0.3, 0.4) is 0 Å². The van der Waals surface area contributed by atoms with Crippen LogP contribution in [0.2, 0.25) is 5.02 Å². The Morgan fingerprint density at radius 1 is 1.30 bits per heavy atom. The molecule has 1 N–H and O–H groups in total. The Bertz CT molecular complexity index is 667. The van der Waals surface area contributed by atoms with Crippen molar-refractivity contribution in [3.05, 3.63) is 28.9 Å². The molecule has 0 spiro atoms. The molecule has 6 nitrogen and oxygen atoms in total. The number of carbonyl (C=O) groups is 1. The van der Waals surface area contributed by atoms with E-state index in [1.165, 1.54) is 25.0 Å². The van der Waals surface area contributed by atoms with Crippen molar-refractivity contribution in [1.29, 1.82) is 0 Å². The first-order chi connectivity index (χ1) is 9.47. The number of aromatic nitrogens is 2. The summed E-state index contributed by atoms with van der Waals surface area (Å²) in [5.74, 6) is -0.162. The number of methoxy groups -OCH3 is 2. The Kier molecular flexibility index (Phi) is 3.85. The summed E-state index contributed by atoms with van der Waals surface area (Å²) in [5.41, 5.74) is 1.13. The maximum absolute atomic E-state index is 11.0. The van der Waals surface area contributed by atoms with E-state index in [1.54, 1.807) is 19.2 Å². The number of benzene rings is 1. The van der Waals surface area contributed by atoms with E-state index in [0.717, 1.165) is 0 Å². The lowest BCUT2D eigenvalue weighted by Gasteiger charge is -2.13. The summed E-state index contributed by atoms with van der Waals surface area (Å²) in [6, 6.07) is 4.75. The molecule has 0 unspecified atom stereocenters. The van der Waals surface area contributed by atoms with Crippen LogP contribution in [-0.2, 0) is 7.05 Å². The summed E-state index contributed by atoms with van der Waals surface area (Å²) in [4.78, 5) is 11.0. The first-order valence-corrected chi connectivity index (χ1v) is 6.05. The molecule has 0 fully saturated rings. The maximum Gasteiger partial charge on any atom is 0.356 e. The highest BCUT2D eigenvalue weighted by atomic mass is 35.5. The first kappa shape index (κ1) is 14.2. The van der Waals surface area contributed by atoms with E-state index in [9.17, 15) is 4.79 Å². The van der Waals surface area contributed by atoms with Crippen molar-refractivity contribution in [3.8, 4) is 22.8 Å². The first-order valence-electron chi connectivity index (χ1n) is 5.67. The minimum atomic E-state index is -1.10. The lowest BCUT2D eigenvalue weighted by atomic mass is 10.1. The molecule has 1 heterocycles. The van der Waals surface area contributed by atoms with Gasteiger partial charge in [-0.2, -0.15) is 5.10 Å².